The number of ether oxygens (including phenoxy) is 1. The number of nitrogens with zero attached hydrogens (tertiary/aromatic N) is 3. The first-order valence-electron chi connectivity index (χ1n) is 6.37. The molecule has 2 aromatic heterocycles. The lowest BCUT2D eigenvalue weighted by atomic mass is 10.1. The van der Waals surface area contributed by atoms with Crippen molar-refractivity contribution >= 4 is 11.3 Å². The maximum Gasteiger partial charge on any atom is 0.267 e. The fourth-order valence-corrected chi connectivity index (χ4v) is 2.84. The Bertz CT molecular complexity index is 648. The van der Waals surface area contributed by atoms with Crippen molar-refractivity contribution in [3.63, 3.8) is 0 Å². The molecule has 3 rings (SSSR count). The Balaban J connectivity index is 1.90. The minimum atomic E-state index is -0.0877. The normalized spacial score (nSPS) is 14.4. The molecule has 100 valence electrons. The van der Waals surface area contributed by atoms with E-state index in [4.69, 9.17) is 4.74 Å². The van der Waals surface area contributed by atoms with Crippen LogP contribution in [0, 0.1) is 0 Å². The van der Waals surface area contributed by atoms with Gasteiger partial charge in [-0.3, -0.25) is 4.79 Å². The van der Waals surface area contributed by atoms with Gasteiger partial charge in [0.2, 0.25) is 0 Å². The second kappa shape index (κ2) is 5.22. The lowest BCUT2D eigenvalue weighted by molar-refractivity contribution is 0.108. The molecule has 0 aromatic carbocycles. The molecule has 0 fully saturated rings. The molecule has 0 amide bonds. The highest BCUT2D eigenvalue weighted by molar-refractivity contribution is 7.09. The first kappa shape index (κ1) is 12.5. The van der Waals surface area contributed by atoms with Crippen molar-refractivity contribution in [3.05, 3.63) is 43.8 Å². The minimum absolute atomic E-state index is 0.0877. The molecule has 0 unspecified atom stereocenters. The average Bonchev–Trinajstić information content (AvgIpc) is 2.87. The van der Waals surface area contributed by atoms with Crippen LogP contribution in [0.4, 0.5) is 0 Å². The van der Waals surface area contributed by atoms with Gasteiger partial charge in [-0.2, -0.15) is 5.10 Å². The summed E-state index contributed by atoms with van der Waals surface area (Å²) in [5.74, 6) is 0. The summed E-state index contributed by atoms with van der Waals surface area (Å²) in [4.78, 5) is 16.5. The Hall–Kier alpha value is -1.53. The van der Waals surface area contributed by atoms with Crippen molar-refractivity contribution in [2.45, 2.75) is 32.9 Å². The zero-order valence-corrected chi connectivity index (χ0v) is 11.6. The van der Waals surface area contributed by atoms with Crippen LogP contribution in [-0.4, -0.2) is 21.4 Å². The number of thiazole rings is 1. The summed E-state index contributed by atoms with van der Waals surface area (Å²) in [5, 5.41) is 7.52. The van der Waals surface area contributed by atoms with Crippen LogP contribution in [0.1, 0.15) is 28.9 Å². The van der Waals surface area contributed by atoms with Crippen molar-refractivity contribution in [2.24, 2.45) is 0 Å². The molecule has 1 aliphatic rings. The number of hydrogen-bond donors (Lipinski definition) is 0. The van der Waals surface area contributed by atoms with E-state index < -0.39 is 0 Å². The Labute approximate surface area is 114 Å². The van der Waals surface area contributed by atoms with Gasteiger partial charge >= 0.3 is 0 Å². The quantitative estimate of drug-likeness (QED) is 0.850. The van der Waals surface area contributed by atoms with Crippen molar-refractivity contribution in [1.82, 2.24) is 14.8 Å². The van der Waals surface area contributed by atoms with E-state index >= 15 is 0 Å². The van der Waals surface area contributed by atoms with Gasteiger partial charge in [0.25, 0.3) is 5.56 Å². The number of aryl methyl sites for hydroxylation is 1. The third-order valence-electron chi connectivity index (χ3n) is 3.12. The van der Waals surface area contributed by atoms with Gasteiger partial charge in [0.1, 0.15) is 0 Å². The average molecular weight is 277 g/mol. The predicted molar refractivity (Wildman–Crippen MR) is 72.5 cm³/mol. The Morgan fingerprint density at radius 1 is 1.53 bits per heavy atom. The maximum absolute atomic E-state index is 12.0. The standard InChI is InChI=1S/C13H15N3O2S/c1-2-12-14-10(8-19-12)6-16-13(17)5-9-7-18-4-3-11(9)15-16/h5,8H,2-4,6-7H2,1H3. The lowest BCUT2D eigenvalue weighted by Crippen LogP contribution is -2.28. The van der Waals surface area contributed by atoms with Gasteiger partial charge in [0.15, 0.2) is 0 Å². The minimum Gasteiger partial charge on any atom is -0.376 e. The molecule has 1 aliphatic heterocycles. The van der Waals surface area contributed by atoms with Crippen molar-refractivity contribution < 1.29 is 4.74 Å². The molecule has 0 radical (unpaired) electrons. The van der Waals surface area contributed by atoms with Gasteiger partial charge in [0, 0.05) is 23.4 Å². The van der Waals surface area contributed by atoms with E-state index in [0.29, 0.717) is 19.8 Å². The lowest BCUT2D eigenvalue weighted by Gasteiger charge is -2.16. The third kappa shape index (κ3) is 2.59. The monoisotopic (exact) mass is 277 g/mol. The molecule has 0 aliphatic carbocycles. The van der Waals surface area contributed by atoms with E-state index in [1.807, 2.05) is 5.38 Å². The predicted octanol–water partition coefficient (Wildman–Crippen LogP) is 1.38. The number of aromatic nitrogens is 3. The molecule has 0 saturated heterocycles. The molecule has 6 heteroatoms. The number of rotatable bonds is 3. The Morgan fingerprint density at radius 3 is 3.21 bits per heavy atom. The van der Waals surface area contributed by atoms with E-state index in [9.17, 15) is 4.79 Å². The molecule has 5 nitrogen and oxygen atoms in total. The van der Waals surface area contributed by atoms with Gasteiger partial charge in [-0.15, -0.1) is 11.3 Å². The molecule has 0 bridgehead atoms. The van der Waals surface area contributed by atoms with Crippen molar-refractivity contribution in [2.75, 3.05) is 6.61 Å². The molecule has 0 atom stereocenters. The smallest absolute Gasteiger partial charge is 0.267 e. The summed E-state index contributed by atoms with van der Waals surface area (Å²) < 4.78 is 6.83. The molecule has 19 heavy (non-hydrogen) atoms. The molecule has 3 heterocycles. The van der Waals surface area contributed by atoms with Crippen LogP contribution < -0.4 is 5.56 Å². The van der Waals surface area contributed by atoms with Gasteiger partial charge < -0.3 is 4.74 Å². The van der Waals surface area contributed by atoms with Gasteiger partial charge in [-0.25, -0.2) is 9.67 Å². The summed E-state index contributed by atoms with van der Waals surface area (Å²) in [6.45, 7) is 3.69. The van der Waals surface area contributed by atoms with E-state index in [0.717, 1.165) is 34.8 Å². The summed E-state index contributed by atoms with van der Waals surface area (Å²) >= 11 is 1.63. The van der Waals surface area contributed by atoms with E-state index in [1.165, 1.54) is 4.68 Å². The van der Waals surface area contributed by atoms with Crippen molar-refractivity contribution in [3.8, 4) is 0 Å². The fraction of sp³-hybridized carbons (Fsp3) is 0.462. The van der Waals surface area contributed by atoms with Crippen LogP contribution in [0.5, 0.6) is 0 Å². The molecule has 0 N–H and O–H groups in total. The van der Waals surface area contributed by atoms with Crippen LogP contribution in [0.3, 0.4) is 0 Å². The largest absolute Gasteiger partial charge is 0.376 e. The van der Waals surface area contributed by atoms with Crippen molar-refractivity contribution in [1.29, 1.82) is 0 Å². The van der Waals surface area contributed by atoms with Crippen LogP contribution in [0.15, 0.2) is 16.2 Å². The van der Waals surface area contributed by atoms with Crippen LogP contribution >= 0.6 is 11.3 Å². The topological polar surface area (TPSA) is 57.0 Å². The molecule has 2 aromatic rings. The Kier molecular flexibility index (Phi) is 3.44. The van der Waals surface area contributed by atoms with Crippen LogP contribution in [0.2, 0.25) is 0 Å². The van der Waals surface area contributed by atoms with E-state index in [2.05, 4.69) is 17.0 Å². The second-order valence-corrected chi connectivity index (χ2v) is 5.44. The SMILES string of the molecule is CCc1nc(Cn2nc3c(cc2=O)COCC3)cs1. The number of fused-ring (bicyclic) bond motifs is 1. The summed E-state index contributed by atoms with van der Waals surface area (Å²) in [5.41, 5.74) is 2.70. The second-order valence-electron chi connectivity index (χ2n) is 4.50. The highest BCUT2D eigenvalue weighted by Crippen LogP contribution is 2.13. The van der Waals surface area contributed by atoms with Gasteiger partial charge in [0.05, 0.1) is 36.2 Å². The summed E-state index contributed by atoms with van der Waals surface area (Å²) in [6, 6.07) is 1.63. The zero-order chi connectivity index (χ0) is 13.2. The van der Waals surface area contributed by atoms with E-state index in [-0.39, 0.29) is 5.56 Å². The van der Waals surface area contributed by atoms with Gasteiger partial charge in [-0.05, 0) is 6.42 Å². The summed E-state index contributed by atoms with van der Waals surface area (Å²) in [6.07, 6.45) is 1.70. The fourth-order valence-electron chi connectivity index (χ4n) is 2.10. The molecule has 0 saturated carbocycles. The summed E-state index contributed by atoms with van der Waals surface area (Å²) in [7, 11) is 0. The maximum atomic E-state index is 12.0. The first-order valence-corrected chi connectivity index (χ1v) is 7.25. The zero-order valence-electron chi connectivity index (χ0n) is 10.8. The highest BCUT2D eigenvalue weighted by Gasteiger charge is 2.14. The van der Waals surface area contributed by atoms with Gasteiger partial charge in [-0.1, -0.05) is 6.92 Å². The molecule has 0 spiro atoms. The third-order valence-corrected chi connectivity index (χ3v) is 4.16. The molecular formula is C13H15N3O2S. The van der Waals surface area contributed by atoms with Crippen LogP contribution in [0.25, 0.3) is 0 Å². The molecular weight excluding hydrogens is 262 g/mol. The van der Waals surface area contributed by atoms with E-state index in [1.54, 1.807) is 17.4 Å². The highest BCUT2D eigenvalue weighted by atomic mass is 32.1. The van der Waals surface area contributed by atoms with Crippen LogP contribution in [-0.2, 0) is 30.7 Å². The Morgan fingerprint density at radius 2 is 2.42 bits per heavy atom. The first-order chi connectivity index (χ1) is 9.26. The number of hydrogen-bond acceptors (Lipinski definition) is 5.